The molecule has 0 saturated heterocycles. The Morgan fingerprint density at radius 3 is 2.24 bits per heavy atom. The molecular formula is C23H18BrNO4. The molecular weight excluding hydrogens is 434 g/mol. The van der Waals surface area contributed by atoms with Crippen molar-refractivity contribution in [2.45, 2.75) is 24.5 Å². The molecule has 4 rings (SSSR count). The average molecular weight is 452 g/mol. The summed E-state index contributed by atoms with van der Waals surface area (Å²) in [7, 11) is 0. The summed E-state index contributed by atoms with van der Waals surface area (Å²) < 4.78 is 6.85. The Kier molecular flexibility index (Phi) is 5.45. The lowest BCUT2D eigenvalue weighted by Crippen LogP contribution is -2.41. The predicted molar refractivity (Wildman–Crippen MR) is 113 cm³/mol. The summed E-state index contributed by atoms with van der Waals surface area (Å²) >= 11 is 3.49. The number of hydrogen-bond acceptors (Lipinski definition) is 4. The second-order valence-electron chi connectivity index (χ2n) is 6.97. The van der Waals surface area contributed by atoms with Crippen LogP contribution < -0.4 is 4.74 Å². The topological polar surface area (TPSA) is 69.4 Å². The Hall–Kier alpha value is -2.99. The van der Waals surface area contributed by atoms with Gasteiger partial charge < -0.3 is 4.74 Å². The van der Waals surface area contributed by atoms with Crippen LogP contribution in [-0.4, -0.2) is 16.7 Å². The molecule has 3 atom stereocenters. The maximum atomic E-state index is 12.9. The van der Waals surface area contributed by atoms with E-state index in [4.69, 9.17) is 4.74 Å². The van der Waals surface area contributed by atoms with Crippen LogP contribution in [0.4, 0.5) is 0 Å². The molecule has 0 aliphatic carbocycles. The molecule has 1 heterocycles. The molecule has 3 aromatic rings. The highest BCUT2D eigenvalue weighted by molar-refractivity contribution is 9.10. The molecule has 0 N–H and O–H groups in total. The van der Waals surface area contributed by atoms with Gasteiger partial charge in [0, 0.05) is 32.5 Å². The van der Waals surface area contributed by atoms with Gasteiger partial charge in [-0.2, -0.15) is 0 Å². The molecule has 5 nitrogen and oxygen atoms in total. The molecule has 0 radical (unpaired) electrons. The molecule has 0 fully saturated rings. The zero-order valence-electron chi connectivity index (χ0n) is 15.4. The lowest BCUT2D eigenvalue weighted by Gasteiger charge is -2.35. The maximum absolute atomic E-state index is 12.9. The van der Waals surface area contributed by atoms with Crippen LogP contribution in [0.2, 0.25) is 0 Å². The second kappa shape index (κ2) is 8.17. The van der Waals surface area contributed by atoms with Crippen molar-refractivity contribution < 1.29 is 14.5 Å². The normalized spacial score (nSPS) is 20.4. The minimum atomic E-state index is -1.09. The number of ether oxygens (including phenoxy) is 1. The molecule has 1 aliphatic heterocycles. The third kappa shape index (κ3) is 3.80. The Bertz CT molecular complexity index is 1050. The van der Waals surface area contributed by atoms with Crippen molar-refractivity contribution in [2.75, 3.05) is 0 Å². The molecule has 0 aromatic heterocycles. The molecule has 3 aromatic carbocycles. The highest BCUT2D eigenvalue weighted by Crippen LogP contribution is 2.46. The summed E-state index contributed by atoms with van der Waals surface area (Å²) in [4.78, 5) is 24.8. The van der Waals surface area contributed by atoms with Crippen molar-refractivity contribution in [3.05, 3.63) is 110 Å². The van der Waals surface area contributed by atoms with E-state index >= 15 is 0 Å². The monoisotopic (exact) mass is 451 g/mol. The summed E-state index contributed by atoms with van der Waals surface area (Å²) in [5.74, 6) is -0.137. The van der Waals surface area contributed by atoms with Crippen molar-refractivity contribution in [2.24, 2.45) is 0 Å². The zero-order valence-corrected chi connectivity index (χ0v) is 17.0. The van der Waals surface area contributed by atoms with Gasteiger partial charge in [0.15, 0.2) is 11.9 Å². The molecule has 0 spiro atoms. The van der Waals surface area contributed by atoms with Gasteiger partial charge in [-0.25, -0.2) is 0 Å². The highest BCUT2D eigenvalue weighted by atomic mass is 79.9. The number of hydrogen-bond donors (Lipinski definition) is 0. The van der Waals surface area contributed by atoms with Crippen molar-refractivity contribution in [3.63, 3.8) is 0 Å². The summed E-state index contributed by atoms with van der Waals surface area (Å²) in [6, 6.07) is 22.4. The van der Waals surface area contributed by atoms with E-state index in [2.05, 4.69) is 15.9 Å². The van der Waals surface area contributed by atoms with E-state index in [0.717, 1.165) is 4.47 Å². The van der Waals surface area contributed by atoms with Crippen molar-refractivity contribution >= 4 is 21.7 Å². The van der Waals surface area contributed by atoms with E-state index in [1.165, 1.54) is 0 Å². The fourth-order valence-electron chi connectivity index (χ4n) is 3.88. The number of halogens is 1. The number of fused-ring (bicyclic) bond motifs is 1. The van der Waals surface area contributed by atoms with Gasteiger partial charge in [0.1, 0.15) is 5.75 Å². The molecule has 0 unspecified atom stereocenters. The molecule has 6 heteroatoms. The summed E-state index contributed by atoms with van der Waals surface area (Å²) in [6.45, 7) is 0. The lowest BCUT2D eigenvalue weighted by molar-refractivity contribution is -0.540. The highest BCUT2D eigenvalue weighted by Gasteiger charge is 2.48. The van der Waals surface area contributed by atoms with Crippen molar-refractivity contribution in [1.29, 1.82) is 0 Å². The predicted octanol–water partition coefficient (Wildman–Crippen LogP) is 5.58. The fraction of sp³-hybridized carbons (Fsp3) is 0.174. The molecule has 29 heavy (non-hydrogen) atoms. The zero-order chi connectivity index (χ0) is 20.4. The van der Waals surface area contributed by atoms with Gasteiger partial charge >= 0.3 is 0 Å². The van der Waals surface area contributed by atoms with Crippen LogP contribution in [0.3, 0.4) is 0 Å². The van der Waals surface area contributed by atoms with Gasteiger partial charge in [0.2, 0.25) is 0 Å². The van der Waals surface area contributed by atoms with Crippen LogP contribution >= 0.6 is 15.9 Å². The summed E-state index contributed by atoms with van der Waals surface area (Å²) in [6.07, 6.45) is -0.763. The Morgan fingerprint density at radius 1 is 0.931 bits per heavy atom. The minimum Gasteiger partial charge on any atom is -0.478 e. The number of Topliss-reactive ketones (excluding diaryl/α,β-unsaturated/α-hetero) is 1. The maximum Gasteiger partial charge on any atom is 0.260 e. The number of carbonyl (C=O) groups excluding carboxylic acids is 1. The third-order valence-corrected chi connectivity index (χ3v) is 5.97. The van der Waals surface area contributed by atoms with Crippen molar-refractivity contribution in [3.8, 4) is 5.75 Å². The van der Waals surface area contributed by atoms with Gasteiger partial charge in [-0.15, -0.1) is 0 Å². The SMILES string of the molecule is O=C(C[C@@H]1c2ccccc2O[C@H](c2ccccc2Br)[C@H]1[N+](=O)[O-])c1ccccc1. The number of nitro groups is 1. The number of para-hydroxylation sites is 1. The van der Waals surface area contributed by atoms with Gasteiger partial charge in [-0.1, -0.05) is 82.7 Å². The van der Waals surface area contributed by atoms with Gasteiger partial charge in [-0.3, -0.25) is 14.9 Å². The van der Waals surface area contributed by atoms with E-state index in [1.807, 2.05) is 48.5 Å². The summed E-state index contributed by atoms with van der Waals surface area (Å²) in [5.41, 5.74) is 1.94. The third-order valence-electron chi connectivity index (χ3n) is 5.25. The number of carbonyl (C=O) groups is 1. The molecule has 0 saturated carbocycles. The molecule has 0 amide bonds. The largest absolute Gasteiger partial charge is 0.478 e. The smallest absolute Gasteiger partial charge is 0.260 e. The molecule has 0 bridgehead atoms. The Labute approximate surface area is 176 Å². The first kappa shape index (κ1) is 19.3. The van der Waals surface area contributed by atoms with Crippen LogP contribution in [0.25, 0.3) is 0 Å². The van der Waals surface area contributed by atoms with Gasteiger partial charge in [0.05, 0.1) is 5.92 Å². The number of nitrogens with zero attached hydrogens (tertiary/aromatic N) is 1. The van der Waals surface area contributed by atoms with Crippen LogP contribution in [0.1, 0.15) is 39.9 Å². The average Bonchev–Trinajstić information content (AvgIpc) is 2.74. The van der Waals surface area contributed by atoms with E-state index in [-0.39, 0.29) is 17.1 Å². The van der Waals surface area contributed by atoms with Crippen LogP contribution in [0.15, 0.2) is 83.3 Å². The Morgan fingerprint density at radius 2 is 1.55 bits per heavy atom. The number of ketones is 1. The van der Waals surface area contributed by atoms with E-state index < -0.39 is 18.1 Å². The van der Waals surface area contributed by atoms with E-state index in [0.29, 0.717) is 22.4 Å². The lowest BCUT2D eigenvalue weighted by atomic mass is 9.79. The first-order valence-electron chi connectivity index (χ1n) is 9.28. The molecule has 146 valence electrons. The van der Waals surface area contributed by atoms with Crippen LogP contribution in [0, 0.1) is 10.1 Å². The summed E-state index contributed by atoms with van der Waals surface area (Å²) in [5, 5.41) is 12.2. The van der Waals surface area contributed by atoms with Gasteiger partial charge in [-0.05, 0) is 12.1 Å². The van der Waals surface area contributed by atoms with Gasteiger partial charge in [0.25, 0.3) is 6.04 Å². The first-order valence-corrected chi connectivity index (χ1v) is 10.1. The molecule has 1 aliphatic rings. The minimum absolute atomic E-state index is 0.0387. The standard InChI is InChI=1S/C23H18BrNO4/c24-19-12-6-4-11-17(19)23-22(25(27)28)18(16-10-5-7-13-21(16)29-23)14-20(26)15-8-2-1-3-9-15/h1-13,18,22-23H,14H2/t18-,22+,23-/m1/s1. The number of rotatable bonds is 5. The Balaban J connectivity index is 1.79. The fourth-order valence-corrected chi connectivity index (χ4v) is 4.39. The second-order valence-corrected chi connectivity index (χ2v) is 7.83. The van der Waals surface area contributed by atoms with Crippen molar-refractivity contribution in [1.82, 2.24) is 0 Å². The van der Waals surface area contributed by atoms with Crippen LogP contribution in [0.5, 0.6) is 5.75 Å². The van der Waals surface area contributed by atoms with E-state index in [1.54, 1.807) is 30.3 Å². The van der Waals surface area contributed by atoms with Crippen LogP contribution in [-0.2, 0) is 0 Å². The first-order chi connectivity index (χ1) is 14.1. The number of benzene rings is 3. The quantitative estimate of drug-likeness (QED) is 0.288. The van der Waals surface area contributed by atoms with E-state index in [9.17, 15) is 14.9 Å².